The van der Waals surface area contributed by atoms with Gasteiger partial charge in [-0.25, -0.2) is 0 Å². The molecule has 0 N–H and O–H groups in total. The minimum Gasteiger partial charge on any atom is -0.355 e. The first kappa shape index (κ1) is 6.14. The molecule has 0 amide bonds. The maximum absolute atomic E-state index is 2.08. The lowest BCUT2D eigenvalue weighted by atomic mass is 10.4. The van der Waals surface area contributed by atoms with E-state index in [1.807, 2.05) is 31.5 Å². The second-order valence-electron chi connectivity index (χ2n) is 2.15. The fraction of sp³-hybridized carbons (Fsp3) is 0.250. The number of nitrogens with zero attached hydrogens (tertiary/aromatic N) is 1. The van der Waals surface area contributed by atoms with Crippen LogP contribution in [0, 0.1) is 0 Å². The van der Waals surface area contributed by atoms with E-state index < -0.39 is 0 Å². The average Bonchev–Trinajstić information content (AvgIpc) is 1.99. The summed E-state index contributed by atoms with van der Waals surface area (Å²) in [6, 6.07) is 0. The molecule has 1 aliphatic heterocycles. The van der Waals surface area contributed by atoms with Crippen molar-refractivity contribution in [1.29, 1.82) is 0 Å². The Labute approximate surface area is 56.0 Å². The van der Waals surface area contributed by atoms with Crippen LogP contribution in [0.3, 0.4) is 0 Å². The third kappa shape index (κ3) is 1.46. The van der Waals surface area contributed by atoms with Crippen molar-refractivity contribution in [2.75, 3.05) is 7.05 Å². The van der Waals surface area contributed by atoms with Crippen molar-refractivity contribution in [3.8, 4) is 0 Å². The molecule has 0 radical (unpaired) electrons. The molecule has 1 nitrogen and oxygen atoms in total. The van der Waals surface area contributed by atoms with Gasteiger partial charge in [0.15, 0.2) is 0 Å². The summed E-state index contributed by atoms with van der Waals surface area (Å²) in [6.07, 6.45) is 10.2. The first-order chi connectivity index (χ1) is 4.30. The minimum absolute atomic E-state index is 1.26. The van der Waals surface area contributed by atoms with Gasteiger partial charge < -0.3 is 4.90 Å². The van der Waals surface area contributed by atoms with Gasteiger partial charge in [0, 0.05) is 18.9 Å². The van der Waals surface area contributed by atoms with E-state index in [0.29, 0.717) is 0 Å². The minimum atomic E-state index is 1.26. The summed E-state index contributed by atoms with van der Waals surface area (Å²) < 4.78 is 0. The molecule has 1 rings (SSSR count). The molecule has 0 spiro atoms. The molecular weight excluding hydrogens is 110 g/mol. The van der Waals surface area contributed by atoms with Crippen LogP contribution < -0.4 is 0 Å². The fourth-order valence-electron chi connectivity index (χ4n) is 0.673. The number of rotatable bonds is 0. The molecule has 0 unspecified atom stereocenters. The molecule has 1 heterocycles. The zero-order chi connectivity index (χ0) is 6.69. The summed E-state index contributed by atoms with van der Waals surface area (Å²) in [4.78, 5) is 2.08. The SMILES string of the molecule is CC1=CC=CC=CN1C. The van der Waals surface area contributed by atoms with Crippen LogP contribution in [0.25, 0.3) is 0 Å². The molecule has 0 aromatic carbocycles. The molecule has 0 aliphatic carbocycles. The number of hydrogen-bond acceptors (Lipinski definition) is 1. The van der Waals surface area contributed by atoms with Crippen LogP contribution in [-0.2, 0) is 0 Å². The molecule has 0 aromatic rings. The van der Waals surface area contributed by atoms with Crippen LogP contribution in [0.2, 0.25) is 0 Å². The predicted molar refractivity (Wildman–Crippen MR) is 39.8 cm³/mol. The fourth-order valence-corrected chi connectivity index (χ4v) is 0.673. The van der Waals surface area contributed by atoms with E-state index in [4.69, 9.17) is 0 Å². The van der Waals surface area contributed by atoms with Crippen LogP contribution >= 0.6 is 0 Å². The zero-order valence-corrected chi connectivity index (χ0v) is 5.83. The van der Waals surface area contributed by atoms with Crippen LogP contribution in [-0.4, -0.2) is 11.9 Å². The highest BCUT2D eigenvalue weighted by molar-refractivity contribution is 5.19. The summed E-state index contributed by atoms with van der Waals surface area (Å²) >= 11 is 0. The van der Waals surface area contributed by atoms with E-state index in [9.17, 15) is 0 Å². The molecule has 1 aliphatic rings. The molecule has 0 saturated carbocycles. The van der Waals surface area contributed by atoms with Gasteiger partial charge in [-0.1, -0.05) is 12.2 Å². The predicted octanol–water partition coefficient (Wildman–Crippen LogP) is 1.91. The first-order valence-electron chi connectivity index (χ1n) is 3.05. The van der Waals surface area contributed by atoms with Crippen LogP contribution in [0.15, 0.2) is 36.2 Å². The van der Waals surface area contributed by atoms with E-state index >= 15 is 0 Å². The van der Waals surface area contributed by atoms with Crippen molar-refractivity contribution in [3.05, 3.63) is 36.2 Å². The summed E-state index contributed by atoms with van der Waals surface area (Å²) in [5.74, 6) is 0. The second-order valence-corrected chi connectivity index (χ2v) is 2.15. The highest BCUT2D eigenvalue weighted by Gasteiger charge is 1.91. The van der Waals surface area contributed by atoms with Crippen molar-refractivity contribution in [1.82, 2.24) is 4.90 Å². The summed E-state index contributed by atoms with van der Waals surface area (Å²) in [5, 5.41) is 0. The van der Waals surface area contributed by atoms with Gasteiger partial charge in [-0.15, -0.1) is 0 Å². The van der Waals surface area contributed by atoms with Gasteiger partial charge in [0.2, 0.25) is 0 Å². The summed E-state index contributed by atoms with van der Waals surface area (Å²) in [7, 11) is 2.04. The Morgan fingerprint density at radius 3 is 2.78 bits per heavy atom. The van der Waals surface area contributed by atoms with E-state index in [2.05, 4.69) is 17.9 Å². The molecule has 1 heteroatoms. The summed E-state index contributed by atoms with van der Waals surface area (Å²) in [5.41, 5.74) is 1.26. The van der Waals surface area contributed by atoms with Crippen LogP contribution in [0.5, 0.6) is 0 Å². The molecule has 0 fully saturated rings. The Morgan fingerprint density at radius 1 is 1.22 bits per heavy atom. The van der Waals surface area contributed by atoms with Gasteiger partial charge in [-0.2, -0.15) is 0 Å². The lowest BCUT2D eigenvalue weighted by molar-refractivity contribution is 0.572. The molecule has 48 valence electrons. The highest BCUT2D eigenvalue weighted by Crippen LogP contribution is 2.03. The van der Waals surface area contributed by atoms with E-state index in [1.165, 1.54) is 5.70 Å². The van der Waals surface area contributed by atoms with Crippen molar-refractivity contribution in [2.24, 2.45) is 0 Å². The average molecular weight is 121 g/mol. The van der Waals surface area contributed by atoms with Gasteiger partial charge in [-0.05, 0) is 19.1 Å². The Bertz CT molecular complexity index is 175. The lowest BCUT2D eigenvalue weighted by Gasteiger charge is -2.11. The van der Waals surface area contributed by atoms with Crippen molar-refractivity contribution in [3.63, 3.8) is 0 Å². The maximum atomic E-state index is 2.08. The van der Waals surface area contributed by atoms with Crippen LogP contribution in [0.4, 0.5) is 0 Å². The quantitative estimate of drug-likeness (QED) is 0.473. The van der Waals surface area contributed by atoms with Gasteiger partial charge in [-0.3, -0.25) is 0 Å². The second kappa shape index (κ2) is 2.53. The molecule has 0 saturated heterocycles. The van der Waals surface area contributed by atoms with E-state index in [1.54, 1.807) is 0 Å². The van der Waals surface area contributed by atoms with Gasteiger partial charge in [0.05, 0.1) is 0 Å². The largest absolute Gasteiger partial charge is 0.355 e. The number of allylic oxidation sites excluding steroid dienone is 5. The first-order valence-corrected chi connectivity index (χ1v) is 3.05. The van der Waals surface area contributed by atoms with Gasteiger partial charge >= 0.3 is 0 Å². The third-order valence-electron chi connectivity index (χ3n) is 1.43. The van der Waals surface area contributed by atoms with E-state index in [0.717, 1.165) is 0 Å². The van der Waals surface area contributed by atoms with Crippen molar-refractivity contribution < 1.29 is 0 Å². The summed E-state index contributed by atoms with van der Waals surface area (Å²) in [6.45, 7) is 2.08. The van der Waals surface area contributed by atoms with Crippen molar-refractivity contribution in [2.45, 2.75) is 6.92 Å². The van der Waals surface area contributed by atoms with Crippen molar-refractivity contribution >= 4 is 0 Å². The van der Waals surface area contributed by atoms with Gasteiger partial charge in [0.1, 0.15) is 0 Å². The Morgan fingerprint density at radius 2 is 2.00 bits per heavy atom. The third-order valence-corrected chi connectivity index (χ3v) is 1.43. The molecular formula is C8H11N. The Hall–Kier alpha value is -0.980. The lowest BCUT2D eigenvalue weighted by Crippen LogP contribution is -2.05. The Balaban J connectivity index is 2.80. The van der Waals surface area contributed by atoms with E-state index in [-0.39, 0.29) is 0 Å². The molecule has 0 bridgehead atoms. The smallest absolute Gasteiger partial charge is 0.0140 e. The zero-order valence-electron chi connectivity index (χ0n) is 5.83. The Kier molecular flexibility index (Phi) is 1.73. The monoisotopic (exact) mass is 121 g/mol. The normalized spacial score (nSPS) is 17.6. The van der Waals surface area contributed by atoms with Gasteiger partial charge in [0.25, 0.3) is 0 Å². The van der Waals surface area contributed by atoms with Crippen LogP contribution in [0.1, 0.15) is 6.92 Å². The molecule has 9 heavy (non-hydrogen) atoms. The molecule has 0 atom stereocenters. The highest BCUT2D eigenvalue weighted by atomic mass is 15.1. The number of hydrogen-bond donors (Lipinski definition) is 0. The maximum Gasteiger partial charge on any atom is 0.0140 e. The standard InChI is InChI=1S/C8H11N/c1-8-6-4-3-5-7-9(8)2/h3-7H,1-2H3. The topological polar surface area (TPSA) is 3.24 Å². The molecule has 0 aromatic heterocycles.